The van der Waals surface area contributed by atoms with E-state index in [0.29, 0.717) is 49.1 Å². The van der Waals surface area contributed by atoms with Gasteiger partial charge >= 0.3 is 41.9 Å². The molecule has 0 saturated heterocycles. The van der Waals surface area contributed by atoms with Gasteiger partial charge in [0.1, 0.15) is 34.3 Å². The summed E-state index contributed by atoms with van der Waals surface area (Å²) in [6, 6.07) is 17.7. The third kappa shape index (κ3) is 55.9. The molecule has 0 saturated carbocycles. The van der Waals surface area contributed by atoms with E-state index in [-0.39, 0.29) is 165 Å². The molecule has 0 fully saturated rings. The van der Waals surface area contributed by atoms with Crippen molar-refractivity contribution < 1.29 is 88.4 Å². The van der Waals surface area contributed by atoms with Crippen LogP contribution in [-0.2, 0) is 104 Å². The number of carbonyl (C=O) groups is 3. The van der Waals surface area contributed by atoms with Crippen molar-refractivity contribution in [2.24, 2.45) is 10.1 Å². The molecule has 0 aliphatic heterocycles. The van der Waals surface area contributed by atoms with Crippen molar-refractivity contribution in [3.63, 3.8) is 0 Å². The van der Waals surface area contributed by atoms with Crippen LogP contribution in [0.1, 0.15) is 212 Å². The summed E-state index contributed by atoms with van der Waals surface area (Å²) in [5.74, 6) is -2.61. The molecule has 0 bridgehead atoms. The van der Waals surface area contributed by atoms with Gasteiger partial charge < -0.3 is 33.2 Å². The normalized spacial score (nSPS) is 13.1. The van der Waals surface area contributed by atoms with Crippen molar-refractivity contribution in [3.05, 3.63) is 143 Å². The van der Waals surface area contributed by atoms with Crippen molar-refractivity contribution in [2.75, 3.05) is 39.6 Å². The van der Waals surface area contributed by atoms with Crippen molar-refractivity contribution in [2.45, 2.75) is 266 Å². The Morgan fingerprint density at radius 1 is 0.513 bits per heavy atom. The number of hydrogen-bond donors (Lipinski definition) is 3. The number of nitrogens with two attached hydrogens (primary N) is 1. The molecule has 0 aliphatic rings. The fourth-order valence-corrected chi connectivity index (χ4v) is 13.3. The Balaban J connectivity index is -0.000000147. The third-order valence-electron chi connectivity index (χ3n) is 16.5. The number of ether oxygens (including phenoxy) is 3. The topological polar surface area (TPSA) is 220 Å². The van der Waals surface area contributed by atoms with Crippen LogP contribution in [0, 0.1) is 33.8 Å². The first kappa shape index (κ1) is 134. The van der Waals surface area contributed by atoms with Crippen LogP contribution < -0.4 is 15.2 Å². The van der Waals surface area contributed by atoms with Crippen LogP contribution in [0.25, 0.3) is 0 Å². The molecule has 0 heterocycles. The van der Waals surface area contributed by atoms with Crippen LogP contribution in [0.5, 0.6) is 0 Å². The molecule has 4 rings (SSSR count). The molecule has 4 aromatic rings. The summed E-state index contributed by atoms with van der Waals surface area (Å²) in [6.07, 6.45) is 2.61. The summed E-state index contributed by atoms with van der Waals surface area (Å²) in [4.78, 5) is 32.9. The minimum absolute atomic E-state index is 0. The molecule has 6 atom stereocenters. The van der Waals surface area contributed by atoms with Gasteiger partial charge in [0.05, 0.1) is 107 Å². The molecule has 37 heteroatoms. The first-order chi connectivity index (χ1) is 48.2. The second-order valence-electron chi connectivity index (χ2n) is 31.7. The number of esters is 3. The van der Waals surface area contributed by atoms with Crippen LogP contribution in [0.2, 0.25) is 54.4 Å². The van der Waals surface area contributed by atoms with Crippen molar-refractivity contribution in [1.29, 1.82) is 0 Å². The summed E-state index contributed by atoms with van der Waals surface area (Å²) in [5, 5.41) is 0.135. The maximum absolute atomic E-state index is 15.0. The Morgan fingerprint density at radius 2 is 0.814 bits per heavy atom. The summed E-state index contributed by atoms with van der Waals surface area (Å²) < 4.78 is 136. The van der Waals surface area contributed by atoms with Crippen LogP contribution >= 0.6 is 149 Å². The molecule has 0 aliphatic carbocycles. The third-order valence-corrected chi connectivity index (χ3v) is 36.5. The molecule has 0 amide bonds. The Bertz CT molecular complexity index is 3450. The van der Waals surface area contributed by atoms with E-state index < -0.39 is 109 Å². The standard InChI is InChI=1S/C22H38FNO4SSi.C18H31BrFNO2SSi.C18H30FNO3Si.C7H15NOS.C6H3BrFI.C4H7O2.CH4.BrH.6H2S.Zn/c1-10-27-20(25)14-16-11-12-17(18(23)13-16)19(24-29(26)21(2,3)4)15-28-30(8,9)22(5,6)7;1-17(2,3)24(22)21-16(12-23-25(7,8)18(4,5)6)14-10-9-13(19)11-15(14)20;1-7-22-17(21)11-13-8-9-14(15(19)10-13)16(20)12-23-24(5,6)18(2,3)4;1-5-6-8-10(9)7(2,3)4;7-4-1-2-6(9)5(8)3-4;1-3-6-4(2)5;;;;;;;;;/h11-13,19,24H,10,14-15H2,1-9H3;9-11,16,21H,12H2,1-8H3;8-10,16H,7,11-12,20H2,1-6H3;6H,5H2,1-4H3;1-3H;2-3H2,1H3;1H4;1H;6*1H2;/q;;;;;-1;;;;;;;;;+2/p-1/t19-,29+;16-,24+;16-;10-;;;;;;;;;;;/m1110.........../s1. The van der Waals surface area contributed by atoms with E-state index in [9.17, 15) is 40.2 Å². The SMILES string of the molecule is C.CC(C)(C)[S@](=O)N[C@H](CO[Si](C)(C)C(C)(C)C)c1ccc(Br)cc1F.CCC=N[S@@](=O)C(C)(C)C.CCOC(=O)Cc1ccc([C@@H](CO[Si](C)(C)C(C)(C)C)N[S@@](=O)C(C)(C)C)c(F)c1.CCOC(=O)Cc1ccc([C@H](N)CO[Si](C)(C)C(C)(C)C)c(F)c1.Fc1cc(Br)ccc1I.S.S.S.S.S.S.[CH2-]C(=O)OCC.[Zn+][Br]. The van der Waals surface area contributed by atoms with E-state index in [0.717, 1.165) is 10.9 Å². The Kier molecular flexibility index (Phi) is 75.0. The Hall–Kier alpha value is 0.304. The zero-order valence-electron chi connectivity index (χ0n) is 71.2. The van der Waals surface area contributed by atoms with Crippen molar-refractivity contribution in [1.82, 2.24) is 9.44 Å². The van der Waals surface area contributed by atoms with E-state index in [4.69, 9.17) is 28.5 Å². The molecule has 0 aromatic heterocycles. The fraction of sp³-hybridized carbons (Fsp3) is 0.618. The zero-order valence-corrected chi connectivity index (χ0v) is 92.5. The van der Waals surface area contributed by atoms with E-state index >= 15 is 4.39 Å². The number of nitrogens with one attached hydrogen (secondary N) is 2. The second-order valence-corrected chi connectivity index (χ2v) is 55.0. The van der Waals surface area contributed by atoms with Gasteiger partial charge in [-0.2, -0.15) is 85.4 Å². The molecule has 113 heavy (non-hydrogen) atoms. The Morgan fingerprint density at radius 3 is 1.07 bits per heavy atom. The predicted molar refractivity (Wildman–Crippen MR) is 525 cm³/mol. The summed E-state index contributed by atoms with van der Waals surface area (Å²) in [5.41, 5.74) is 8.47. The van der Waals surface area contributed by atoms with Gasteiger partial charge in [0.25, 0.3) is 0 Å². The van der Waals surface area contributed by atoms with E-state index in [1.54, 1.807) is 69.5 Å². The zero-order chi connectivity index (χ0) is 83.5. The van der Waals surface area contributed by atoms with Gasteiger partial charge in [-0.15, -0.1) is 0 Å². The van der Waals surface area contributed by atoms with E-state index in [1.807, 2.05) is 97.9 Å². The number of carbonyl (C=O) groups excluding carboxylic acids is 3. The number of halogens is 8. The van der Waals surface area contributed by atoms with Crippen LogP contribution in [-0.4, -0.2) is 116 Å². The number of benzene rings is 4. The average Bonchev–Trinajstić information content (AvgIpc) is 0.824. The van der Waals surface area contributed by atoms with Crippen LogP contribution in [0.3, 0.4) is 0 Å². The minimum atomic E-state index is -2.08. The molecule has 16 nitrogen and oxygen atoms in total. The van der Waals surface area contributed by atoms with Gasteiger partial charge in [0, 0.05) is 35.4 Å². The molecule has 0 unspecified atom stereocenters. The molecule has 660 valence electrons. The molecule has 4 aromatic carbocycles. The number of hydrogen-bond acceptors (Lipinski definition) is 13. The fourth-order valence-electron chi connectivity index (χ4n) is 7.03. The first-order valence-corrected chi connectivity index (χ1v) is 56.6. The first-order valence-electron chi connectivity index (χ1n) is 34.8. The molecule has 4 N–H and O–H groups in total. The Labute approximate surface area is 779 Å². The van der Waals surface area contributed by atoms with E-state index in [1.165, 1.54) is 40.6 Å². The predicted octanol–water partition coefficient (Wildman–Crippen LogP) is 22.4. The van der Waals surface area contributed by atoms with Crippen LogP contribution in [0.15, 0.2) is 86.1 Å². The van der Waals surface area contributed by atoms with Gasteiger partial charge in [0.15, 0.2) is 30.9 Å². The van der Waals surface area contributed by atoms with Gasteiger partial charge in [0.2, 0.25) is 0 Å². The van der Waals surface area contributed by atoms with Gasteiger partial charge in [-0.05, 0) is 220 Å². The number of rotatable bonds is 25. The van der Waals surface area contributed by atoms with E-state index in [2.05, 4.69) is 173 Å². The average molecular weight is 2180 g/mol. The summed E-state index contributed by atoms with van der Waals surface area (Å²) >= 11 is 12.6. The quantitative estimate of drug-likeness (QED) is 0.00823. The summed E-state index contributed by atoms with van der Waals surface area (Å²) in [6.45, 7) is 61.1. The number of nitrogens with zero attached hydrogens (tertiary/aromatic N) is 1. The maximum atomic E-state index is 15.0. The van der Waals surface area contributed by atoms with Gasteiger partial charge in [-0.1, -0.05) is 139 Å². The molecular formula is C76H140Br3F4IN4O12S9Si3Zn. The van der Waals surface area contributed by atoms with Crippen LogP contribution in [0.4, 0.5) is 17.6 Å². The van der Waals surface area contributed by atoms with Gasteiger partial charge in [-0.3, -0.25) is 21.3 Å². The second kappa shape index (κ2) is 63.3. The summed E-state index contributed by atoms with van der Waals surface area (Å²) in [7, 11) is -9.79. The molecule has 0 radical (unpaired) electrons. The monoisotopic (exact) mass is 2180 g/mol. The molecular weight excluding hydrogens is 2040 g/mol. The van der Waals surface area contributed by atoms with Gasteiger partial charge in [-0.25, -0.2) is 39.6 Å². The van der Waals surface area contributed by atoms with Crippen molar-refractivity contribution >= 4 is 231 Å². The molecule has 0 spiro atoms. The van der Waals surface area contributed by atoms with Crippen molar-refractivity contribution in [3.8, 4) is 0 Å².